The lowest BCUT2D eigenvalue weighted by Crippen LogP contribution is -2.38. The second-order valence-electron chi connectivity index (χ2n) is 5.96. The van der Waals surface area contributed by atoms with Crippen molar-refractivity contribution < 1.29 is 18.8 Å². The van der Waals surface area contributed by atoms with Gasteiger partial charge in [-0.05, 0) is 39.3 Å². The molecular formula is C19H25N3O4. The van der Waals surface area contributed by atoms with Crippen molar-refractivity contribution in [3.05, 3.63) is 41.3 Å². The maximum Gasteiger partial charge on any atom is 0.244 e. The monoisotopic (exact) mass is 359 g/mol. The Morgan fingerprint density at radius 3 is 2.62 bits per heavy atom. The third kappa shape index (κ3) is 4.84. The van der Waals surface area contributed by atoms with Gasteiger partial charge in [-0.1, -0.05) is 17.3 Å². The number of hydrogen-bond acceptors (Lipinski definition) is 5. The smallest absolute Gasteiger partial charge is 0.244 e. The summed E-state index contributed by atoms with van der Waals surface area (Å²) >= 11 is 0. The summed E-state index contributed by atoms with van der Waals surface area (Å²) in [6.45, 7) is 5.99. The number of anilines is 1. The molecule has 0 unspecified atom stereocenters. The van der Waals surface area contributed by atoms with E-state index >= 15 is 0 Å². The molecule has 26 heavy (non-hydrogen) atoms. The van der Waals surface area contributed by atoms with Gasteiger partial charge in [0.05, 0.1) is 25.0 Å². The highest BCUT2D eigenvalue weighted by molar-refractivity contribution is 5.95. The molecule has 2 amide bonds. The Balaban J connectivity index is 1.93. The Hall–Kier alpha value is -2.83. The van der Waals surface area contributed by atoms with E-state index in [9.17, 15) is 9.59 Å². The molecule has 1 aromatic carbocycles. The van der Waals surface area contributed by atoms with E-state index in [0.29, 0.717) is 30.8 Å². The van der Waals surface area contributed by atoms with Crippen LogP contribution >= 0.6 is 0 Å². The number of aryl methyl sites for hydroxylation is 2. The summed E-state index contributed by atoms with van der Waals surface area (Å²) < 4.78 is 10.3. The van der Waals surface area contributed by atoms with E-state index in [1.54, 1.807) is 19.2 Å². The van der Waals surface area contributed by atoms with Gasteiger partial charge >= 0.3 is 0 Å². The van der Waals surface area contributed by atoms with Gasteiger partial charge in [0.15, 0.2) is 0 Å². The molecule has 0 aliphatic rings. The zero-order valence-corrected chi connectivity index (χ0v) is 15.7. The number of carbonyl (C=O) groups is 2. The third-order valence-corrected chi connectivity index (χ3v) is 4.22. The van der Waals surface area contributed by atoms with Gasteiger partial charge < -0.3 is 19.5 Å². The molecule has 7 heteroatoms. The van der Waals surface area contributed by atoms with Crippen molar-refractivity contribution in [3.63, 3.8) is 0 Å². The molecule has 0 radical (unpaired) electrons. The normalized spacial score (nSPS) is 10.5. The van der Waals surface area contributed by atoms with E-state index in [0.717, 1.165) is 17.0 Å². The minimum atomic E-state index is -0.262. The maximum atomic E-state index is 12.5. The topological polar surface area (TPSA) is 84.7 Å². The van der Waals surface area contributed by atoms with E-state index in [1.807, 2.05) is 32.9 Å². The van der Waals surface area contributed by atoms with Crippen LogP contribution in [0.3, 0.4) is 0 Å². The summed E-state index contributed by atoms with van der Waals surface area (Å²) in [4.78, 5) is 26.3. The first-order valence-electron chi connectivity index (χ1n) is 8.58. The Labute approximate surface area is 153 Å². The number of carbonyl (C=O) groups excluding carboxylic acids is 2. The second-order valence-corrected chi connectivity index (χ2v) is 5.96. The molecule has 2 rings (SSSR count). The van der Waals surface area contributed by atoms with Gasteiger partial charge in [0.2, 0.25) is 11.8 Å². The fourth-order valence-electron chi connectivity index (χ4n) is 2.74. The molecule has 0 saturated carbocycles. The van der Waals surface area contributed by atoms with E-state index in [4.69, 9.17) is 9.26 Å². The van der Waals surface area contributed by atoms with Crippen molar-refractivity contribution in [2.24, 2.45) is 0 Å². The Morgan fingerprint density at radius 2 is 2.00 bits per heavy atom. The molecule has 7 nitrogen and oxygen atoms in total. The molecule has 2 aromatic rings. The quantitative estimate of drug-likeness (QED) is 0.783. The van der Waals surface area contributed by atoms with Crippen molar-refractivity contribution in [2.45, 2.75) is 33.6 Å². The van der Waals surface area contributed by atoms with Crippen LogP contribution < -0.4 is 10.1 Å². The average molecular weight is 359 g/mol. The lowest BCUT2D eigenvalue weighted by atomic mass is 10.1. The number of ether oxygens (including phenoxy) is 1. The van der Waals surface area contributed by atoms with Crippen molar-refractivity contribution in [2.75, 3.05) is 25.5 Å². The van der Waals surface area contributed by atoms with Crippen LogP contribution in [0.4, 0.5) is 5.69 Å². The van der Waals surface area contributed by atoms with Gasteiger partial charge in [0.1, 0.15) is 11.5 Å². The molecule has 0 bridgehead atoms. The Morgan fingerprint density at radius 1 is 1.27 bits per heavy atom. The molecule has 0 fully saturated rings. The van der Waals surface area contributed by atoms with Crippen molar-refractivity contribution in [1.29, 1.82) is 0 Å². The number of para-hydroxylation sites is 2. The zero-order chi connectivity index (χ0) is 19.1. The van der Waals surface area contributed by atoms with Gasteiger partial charge in [-0.25, -0.2) is 0 Å². The first-order valence-corrected chi connectivity index (χ1v) is 8.58. The van der Waals surface area contributed by atoms with Gasteiger partial charge in [0.25, 0.3) is 0 Å². The molecule has 0 saturated heterocycles. The number of methoxy groups -OCH3 is 1. The number of rotatable bonds is 8. The summed E-state index contributed by atoms with van der Waals surface area (Å²) in [5.41, 5.74) is 2.33. The fourth-order valence-corrected chi connectivity index (χ4v) is 2.74. The Kier molecular flexibility index (Phi) is 6.77. The van der Waals surface area contributed by atoms with Crippen molar-refractivity contribution in [1.82, 2.24) is 10.1 Å². The van der Waals surface area contributed by atoms with Crippen LogP contribution in [-0.2, 0) is 16.0 Å². The highest BCUT2D eigenvalue weighted by atomic mass is 16.5. The first-order chi connectivity index (χ1) is 12.5. The molecule has 1 heterocycles. The Bertz CT molecular complexity index is 750. The third-order valence-electron chi connectivity index (χ3n) is 4.22. The van der Waals surface area contributed by atoms with E-state index in [2.05, 4.69) is 10.5 Å². The number of aromatic nitrogens is 1. The van der Waals surface area contributed by atoms with Gasteiger partial charge in [0, 0.05) is 18.5 Å². The standard InChI is InChI=1S/C19H25N3O4/c1-5-22(19(24)11-10-15-13(2)21-26-14(15)3)12-18(23)20-16-8-6-7-9-17(16)25-4/h6-9H,5,10-12H2,1-4H3,(H,20,23). The highest BCUT2D eigenvalue weighted by Gasteiger charge is 2.18. The first kappa shape index (κ1) is 19.5. The van der Waals surface area contributed by atoms with Crippen molar-refractivity contribution in [3.8, 4) is 5.75 Å². The minimum absolute atomic E-state index is 0.00498. The summed E-state index contributed by atoms with van der Waals surface area (Å²) in [5.74, 6) is 0.964. The van der Waals surface area contributed by atoms with Gasteiger partial charge in [-0.3, -0.25) is 9.59 Å². The van der Waals surface area contributed by atoms with Crippen LogP contribution in [0.2, 0.25) is 0 Å². The summed E-state index contributed by atoms with van der Waals surface area (Å²) in [6, 6.07) is 7.16. The summed E-state index contributed by atoms with van der Waals surface area (Å²) in [6.07, 6.45) is 0.850. The number of amides is 2. The molecule has 0 aliphatic carbocycles. The van der Waals surface area contributed by atoms with Crippen LogP contribution in [-0.4, -0.2) is 42.1 Å². The summed E-state index contributed by atoms with van der Waals surface area (Å²) in [5, 5.41) is 6.68. The fraction of sp³-hybridized carbons (Fsp3) is 0.421. The zero-order valence-electron chi connectivity index (χ0n) is 15.7. The largest absolute Gasteiger partial charge is 0.495 e. The predicted octanol–water partition coefficient (Wildman–Crippen LogP) is 2.72. The number of nitrogens with one attached hydrogen (secondary N) is 1. The molecule has 1 aromatic heterocycles. The van der Waals surface area contributed by atoms with Gasteiger partial charge in [-0.2, -0.15) is 0 Å². The number of hydrogen-bond donors (Lipinski definition) is 1. The predicted molar refractivity (Wildman–Crippen MR) is 98.2 cm³/mol. The number of nitrogens with zero attached hydrogens (tertiary/aromatic N) is 2. The lowest BCUT2D eigenvalue weighted by molar-refractivity contribution is -0.134. The van der Waals surface area contributed by atoms with Crippen LogP contribution in [0.15, 0.2) is 28.8 Å². The van der Waals surface area contributed by atoms with Crippen LogP contribution in [0, 0.1) is 13.8 Å². The lowest BCUT2D eigenvalue weighted by Gasteiger charge is -2.20. The van der Waals surface area contributed by atoms with Crippen LogP contribution in [0.25, 0.3) is 0 Å². The van der Waals surface area contributed by atoms with E-state index in [-0.39, 0.29) is 18.4 Å². The molecule has 1 N–H and O–H groups in total. The number of likely N-dealkylation sites (N-methyl/N-ethyl adjacent to an activating group) is 1. The molecule has 0 aliphatic heterocycles. The van der Waals surface area contributed by atoms with E-state index in [1.165, 1.54) is 4.90 Å². The molecule has 0 atom stereocenters. The van der Waals surface area contributed by atoms with Crippen LogP contribution in [0.1, 0.15) is 30.4 Å². The maximum absolute atomic E-state index is 12.5. The molecular weight excluding hydrogens is 334 g/mol. The minimum Gasteiger partial charge on any atom is -0.495 e. The SMILES string of the molecule is CCN(CC(=O)Nc1ccccc1OC)C(=O)CCc1c(C)noc1C. The number of benzene rings is 1. The van der Waals surface area contributed by atoms with E-state index < -0.39 is 0 Å². The summed E-state index contributed by atoms with van der Waals surface area (Å²) in [7, 11) is 1.54. The van der Waals surface area contributed by atoms with Crippen LogP contribution in [0.5, 0.6) is 5.75 Å². The highest BCUT2D eigenvalue weighted by Crippen LogP contribution is 2.23. The molecule has 0 spiro atoms. The second kappa shape index (κ2) is 9.03. The average Bonchev–Trinajstić information content (AvgIpc) is 2.96. The molecule has 140 valence electrons. The van der Waals surface area contributed by atoms with Crippen molar-refractivity contribution >= 4 is 17.5 Å². The van der Waals surface area contributed by atoms with Gasteiger partial charge in [-0.15, -0.1) is 0 Å².